The molecule has 0 aliphatic rings. The summed E-state index contributed by atoms with van der Waals surface area (Å²) >= 11 is 15.1. The maximum Gasteiger partial charge on any atom is 0.272 e. The summed E-state index contributed by atoms with van der Waals surface area (Å²) in [7, 11) is 0. The van der Waals surface area contributed by atoms with E-state index >= 15 is 0 Å². The zero-order chi connectivity index (χ0) is 16.3. The molecule has 2 aromatic rings. The molecule has 0 saturated carbocycles. The zero-order valence-corrected chi connectivity index (χ0v) is 14.5. The van der Waals surface area contributed by atoms with Gasteiger partial charge in [0, 0.05) is 10.6 Å². The minimum atomic E-state index is -0.443. The average Bonchev–Trinajstić information content (AvgIpc) is 2.43. The fourth-order valence-corrected chi connectivity index (χ4v) is 2.86. The molecule has 0 saturated heterocycles. The molecule has 0 unspecified atom stereocenters. The number of phenolic OH excluding ortho intramolecular Hbond substituents is 1. The van der Waals surface area contributed by atoms with Crippen LogP contribution in [-0.4, -0.2) is 17.2 Å². The van der Waals surface area contributed by atoms with Gasteiger partial charge >= 0.3 is 0 Å². The average molecular weight is 402 g/mol. The smallest absolute Gasteiger partial charge is 0.272 e. The van der Waals surface area contributed by atoms with Crippen molar-refractivity contribution < 1.29 is 9.90 Å². The first-order chi connectivity index (χ1) is 10.4. The quantitative estimate of drug-likeness (QED) is 0.586. The molecule has 0 fully saturated rings. The molecule has 2 aromatic carbocycles. The summed E-state index contributed by atoms with van der Waals surface area (Å²) in [6, 6.07) is 8.18. The lowest BCUT2D eigenvalue weighted by Gasteiger charge is -2.04. The van der Waals surface area contributed by atoms with Crippen LogP contribution in [0.15, 0.2) is 39.9 Å². The molecule has 0 atom stereocenters. The van der Waals surface area contributed by atoms with Crippen molar-refractivity contribution in [3.05, 3.63) is 61.5 Å². The van der Waals surface area contributed by atoms with Crippen molar-refractivity contribution in [2.24, 2.45) is 5.10 Å². The van der Waals surface area contributed by atoms with Gasteiger partial charge in [-0.1, -0.05) is 29.3 Å². The predicted molar refractivity (Wildman–Crippen MR) is 92.1 cm³/mol. The second-order valence-electron chi connectivity index (χ2n) is 4.51. The molecule has 22 heavy (non-hydrogen) atoms. The van der Waals surface area contributed by atoms with Gasteiger partial charge in [-0.3, -0.25) is 4.79 Å². The Hall–Kier alpha value is -1.56. The molecule has 0 aliphatic heterocycles. The maximum atomic E-state index is 12.0. The Morgan fingerprint density at radius 3 is 2.73 bits per heavy atom. The van der Waals surface area contributed by atoms with E-state index in [1.807, 2.05) is 6.92 Å². The number of carbonyl (C=O) groups is 1. The van der Waals surface area contributed by atoms with Crippen LogP contribution in [-0.2, 0) is 0 Å². The third-order valence-corrected chi connectivity index (χ3v) is 3.93. The van der Waals surface area contributed by atoms with Crippen LogP contribution in [0.2, 0.25) is 10.0 Å². The number of aromatic hydroxyl groups is 1. The zero-order valence-electron chi connectivity index (χ0n) is 11.4. The lowest BCUT2D eigenvalue weighted by molar-refractivity contribution is 0.0955. The number of hydrogen-bond donors (Lipinski definition) is 2. The summed E-state index contributed by atoms with van der Waals surface area (Å²) in [4.78, 5) is 12.0. The summed E-state index contributed by atoms with van der Waals surface area (Å²) in [6.07, 6.45) is 1.30. The topological polar surface area (TPSA) is 61.7 Å². The SMILES string of the molecule is Cc1ccc(C(=O)NN=Cc2cc(Cl)cc(Br)c2O)c(Cl)c1. The Balaban J connectivity index is 2.14. The third kappa shape index (κ3) is 4.00. The van der Waals surface area contributed by atoms with E-state index in [1.54, 1.807) is 24.3 Å². The van der Waals surface area contributed by atoms with Crippen LogP contribution in [0.1, 0.15) is 21.5 Å². The van der Waals surface area contributed by atoms with Crippen LogP contribution in [0.3, 0.4) is 0 Å². The number of rotatable bonds is 3. The first-order valence-electron chi connectivity index (χ1n) is 6.16. The number of nitrogens with one attached hydrogen (secondary N) is 1. The monoisotopic (exact) mass is 400 g/mol. The molecule has 7 heteroatoms. The highest BCUT2D eigenvalue weighted by molar-refractivity contribution is 9.10. The van der Waals surface area contributed by atoms with Gasteiger partial charge in [0.15, 0.2) is 0 Å². The predicted octanol–water partition coefficient (Wildman–Crippen LogP) is 4.53. The van der Waals surface area contributed by atoms with E-state index in [-0.39, 0.29) is 5.75 Å². The molecule has 2 N–H and O–H groups in total. The Labute approximate surface area is 145 Å². The Kier molecular flexibility index (Phi) is 5.45. The van der Waals surface area contributed by atoms with E-state index in [0.717, 1.165) is 5.56 Å². The van der Waals surface area contributed by atoms with Crippen LogP contribution in [0.25, 0.3) is 0 Å². The van der Waals surface area contributed by atoms with Crippen molar-refractivity contribution in [3.63, 3.8) is 0 Å². The highest BCUT2D eigenvalue weighted by atomic mass is 79.9. The molecular weight excluding hydrogens is 391 g/mol. The minimum Gasteiger partial charge on any atom is -0.506 e. The molecule has 0 aliphatic carbocycles. The largest absolute Gasteiger partial charge is 0.506 e. The Morgan fingerprint density at radius 2 is 2.05 bits per heavy atom. The van der Waals surface area contributed by atoms with Gasteiger partial charge in [0.2, 0.25) is 0 Å². The van der Waals surface area contributed by atoms with Gasteiger partial charge in [-0.25, -0.2) is 5.43 Å². The number of nitrogens with zero attached hydrogens (tertiary/aromatic N) is 1. The molecular formula is C15H11BrCl2N2O2. The van der Waals surface area contributed by atoms with Crippen LogP contribution in [0.4, 0.5) is 0 Å². The molecule has 114 valence electrons. The highest BCUT2D eigenvalue weighted by Gasteiger charge is 2.10. The van der Waals surface area contributed by atoms with E-state index < -0.39 is 5.91 Å². The normalized spacial score (nSPS) is 10.9. The fraction of sp³-hybridized carbons (Fsp3) is 0.0667. The molecule has 1 amide bonds. The van der Waals surface area contributed by atoms with E-state index in [4.69, 9.17) is 23.2 Å². The van der Waals surface area contributed by atoms with Crippen LogP contribution >= 0.6 is 39.1 Å². The summed E-state index contributed by atoms with van der Waals surface area (Å²) < 4.78 is 0.439. The van der Waals surface area contributed by atoms with Gasteiger partial charge in [-0.15, -0.1) is 0 Å². The Bertz CT molecular complexity index is 763. The van der Waals surface area contributed by atoms with Crippen molar-refractivity contribution >= 4 is 51.3 Å². The number of amides is 1. The number of carbonyl (C=O) groups excluding carboxylic acids is 1. The van der Waals surface area contributed by atoms with Crippen molar-refractivity contribution in [1.82, 2.24) is 5.43 Å². The van der Waals surface area contributed by atoms with Crippen molar-refractivity contribution in [2.75, 3.05) is 0 Å². The number of aryl methyl sites for hydroxylation is 1. The Morgan fingerprint density at radius 1 is 1.32 bits per heavy atom. The van der Waals surface area contributed by atoms with Crippen molar-refractivity contribution in [2.45, 2.75) is 6.92 Å². The molecule has 0 heterocycles. The fourth-order valence-electron chi connectivity index (χ4n) is 1.71. The van der Waals surface area contributed by atoms with Gasteiger partial charge in [-0.2, -0.15) is 5.10 Å². The van der Waals surface area contributed by atoms with Crippen molar-refractivity contribution in [1.29, 1.82) is 0 Å². The van der Waals surface area contributed by atoms with Gasteiger partial charge in [0.05, 0.1) is 21.3 Å². The minimum absolute atomic E-state index is 0.0178. The molecule has 0 radical (unpaired) electrons. The highest BCUT2D eigenvalue weighted by Crippen LogP contribution is 2.30. The molecule has 0 bridgehead atoms. The third-order valence-electron chi connectivity index (χ3n) is 2.80. The van der Waals surface area contributed by atoms with E-state index in [9.17, 15) is 9.90 Å². The van der Waals surface area contributed by atoms with E-state index in [0.29, 0.717) is 25.6 Å². The number of benzene rings is 2. The molecule has 4 nitrogen and oxygen atoms in total. The lowest BCUT2D eigenvalue weighted by atomic mass is 10.1. The first-order valence-corrected chi connectivity index (χ1v) is 7.71. The number of halogens is 3. The summed E-state index contributed by atoms with van der Waals surface area (Å²) in [6.45, 7) is 1.88. The van der Waals surface area contributed by atoms with Crippen LogP contribution in [0, 0.1) is 6.92 Å². The van der Waals surface area contributed by atoms with E-state index in [1.165, 1.54) is 12.3 Å². The van der Waals surface area contributed by atoms with Gasteiger partial charge in [0.1, 0.15) is 5.75 Å². The summed E-state index contributed by atoms with van der Waals surface area (Å²) in [5.74, 6) is -0.461. The molecule has 0 aromatic heterocycles. The number of phenols is 1. The standard InChI is InChI=1S/C15H11BrCl2N2O2/c1-8-2-3-11(13(18)4-8)15(22)20-19-7-9-5-10(17)6-12(16)14(9)21/h2-7,21H,1H3,(H,20,22). The number of hydrogen-bond acceptors (Lipinski definition) is 3. The summed E-state index contributed by atoms with van der Waals surface area (Å²) in [5, 5.41) is 14.4. The molecule has 0 spiro atoms. The first kappa shape index (κ1) is 16.8. The maximum absolute atomic E-state index is 12.0. The molecule has 2 rings (SSSR count). The van der Waals surface area contributed by atoms with Crippen LogP contribution in [0.5, 0.6) is 5.75 Å². The van der Waals surface area contributed by atoms with Crippen molar-refractivity contribution in [3.8, 4) is 5.75 Å². The van der Waals surface area contributed by atoms with Gasteiger partial charge in [0.25, 0.3) is 5.91 Å². The van der Waals surface area contributed by atoms with Crippen LogP contribution < -0.4 is 5.43 Å². The number of hydrazone groups is 1. The lowest BCUT2D eigenvalue weighted by Crippen LogP contribution is -2.18. The van der Waals surface area contributed by atoms with E-state index in [2.05, 4.69) is 26.5 Å². The van der Waals surface area contributed by atoms with Gasteiger partial charge in [-0.05, 0) is 52.7 Å². The van der Waals surface area contributed by atoms with Gasteiger partial charge < -0.3 is 5.11 Å². The second-order valence-corrected chi connectivity index (χ2v) is 6.21. The summed E-state index contributed by atoms with van der Waals surface area (Å²) in [5.41, 5.74) is 4.00. The second kappa shape index (κ2) is 7.13.